The highest BCUT2D eigenvalue weighted by Crippen LogP contribution is 2.54. The lowest BCUT2D eigenvalue weighted by atomic mass is 9.52. The van der Waals surface area contributed by atoms with E-state index in [9.17, 15) is 0 Å². The molecule has 21 heavy (non-hydrogen) atoms. The molecule has 0 spiro atoms. The van der Waals surface area contributed by atoms with Gasteiger partial charge < -0.3 is 11.1 Å². The van der Waals surface area contributed by atoms with Gasteiger partial charge in [-0.1, -0.05) is 38.0 Å². The van der Waals surface area contributed by atoms with Crippen molar-refractivity contribution in [3.8, 4) is 0 Å². The van der Waals surface area contributed by atoms with E-state index in [0.717, 1.165) is 12.3 Å². The number of hydrogen-bond acceptors (Lipinski definition) is 2. The lowest BCUT2D eigenvalue weighted by Gasteiger charge is -2.56. The minimum atomic E-state index is 0.206. The third kappa shape index (κ3) is 1.92. The first kappa shape index (κ1) is 13.8. The third-order valence-corrected chi connectivity index (χ3v) is 6.57. The van der Waals surface area contributed by atoms with Crippen molar-refractivity contribution in [3.05, 3.63) is 34.9 Å². The highest BCUT2D eigenvalue weighted by Gasteiger charge is 2.51. The minimum absolute atomic E-state index is 0.206. The second-order valence-corrected chi connectivity index (χ2v) is 7.41. The molecule has 1 aliphatic heterocycles. The van der Waals surface area contributed by atoms with Crippen LogP contribution in [0.15, 0.2) is 18.2 Å². The van der Waals surface area contributed by atoms with Crippen molar-refractivity contribution in [3.63, 3.8) is 0 Å². The van der Waals surface area contributed by atoms with E-state index in [4.69, 9.17) is 5.73 Å². The van der Waals surface area contributed by atoms with Crippen LogP contribution in [0.25, 0.3) is 0 Å². The van der Waals surface area contributed by atoms with E-state index in [1.54, 1.807) is 11.1 Å². The van der Waals surface area contributed by atoms with E-state index < -0.39 is 0 Å². The molecule has 114 valence electrons. The summed E-state index contributed by atoms with van der Waals surface area (Å²) in [5.41, 5.74) is 11.6. The Morgan fingerprint density at radius 1 is 1.33 bits per heavy atom. The molecule has 3 aliphatic rings. The summed E-state index contributed by atoms with van der Waals surface area (Å²) in [6, 6.07) is 7.88. The highest BCUT2D eigenvalue weighted by atomic mass is 15.0. The Morgan fingerprint density at radius 3 is 3.10 bits per heavy atom. The molecule has 2 heteroatoms. The fourth-order valence-electron chi connectivity index (χ4n) is 5.56. The molecule has 1 aromatic rings. The van der Waals surface area contributed by atoms with Gasteiger partial charge in [-0.15, -0.1) is 0 Å². The smallest absolute Gasteiger partial charge is 0.0295 e. The molecular formula is C19H28N2. The summed E-state index contributed by atoms with van der Waals surface area (Å²) in [6.07, 6.45) is 9.21. The van der Waals surface area contributed by atoms with Gasteiger partial charge in [0.2, 0.25) is 0 Å². The predicted molar refractivity (Wildman–Crippen MR) is 87.4 cm³/mol. The second kappa shape index (κ2) is 5.10. The van der Waals surface area contributed by atoms with Crippen LogP contribution in [0.1, 0.15) is 68.2 Å². The molecule has 2 aliphatic carbocycles. The number of piperidine rings is 1. The first-order valence-electron chi connectivity index (χ1n) is 8.87. The summed E-state index contributed by atoms with van der Waals surface area (Å²) in [7, 11) is 0. The van der Waals surface area contributed by atoms with Gasteiger partial charge in [0, 0.05) is 17.5 Å². The molecular weight excluding hydrogens is 256 g/mol. The monoisotopic (exact) mass is 284 g/mol. The van der Waals surface area contributed by atoms with Crippen molar-refractivity contribution in [1.82, 2.24) is 5.32 Å². The van der Waals surface area contributed by atoms with Crippen LogP contribution in [0.2, 0.25) is 0 Å². The SMILES string of the molecule is CCC(N)c1cccc2c1C[C@H]1NCC[C@@]23CCCC[C@@H]13. The van der Waals surface area contributed by atoms with Crippen molar-refractivity contribution in [2.45, 2.75) is 69.4 Å². The topological polar surface area (TPSA) is 38.0 Å². The van der Waals surface area contributed by atoms with Crippen LogP contribution in [0.3, 0.4) is 0 Å². The molecule has 4 atom stereocenters. The Hall–Kier alpha value is -0.860. The maximum Gasteiger partial charge on any atom is 0.0295 e. The maximum atomic E-state index is 6.41. The summed E-state index contributed by atoms with van der Waals surface area (Å²) in [6.45, 7) is 3.40. The summed E-state index contributed by atoms with van der Waals surface area (Å²) >= 11 is 0. The molecule has 2 fully saturated rings. The van der Waals surface area contributed by atoms with Crippen LogP contribution in [-0.2, 0) is 11.8 Å². The van der Waals surface area contributed by atoms with Crippen LogP contribution in [0, 0.1) is 5.92 Å². The van der Waals surface area contributed by atoms with Gasteiger partial charge >= 0.3 is 0 Å². The molecule has 3 N–H and O–H groups in total. The quantitative estimate of drug-likeness (QED) is 0.873. The van der Waals surface area contributed by atoms with Crippen LogP contribution >= 0.6 is 0 Å². The average molecular weight is 284 g/mol. The fourth-order valence-corrected chi connectivity index (χ4v) is 5.56. The van der Waals surface area contributed by atoms with Gasteiger partial charge in [0.25, 0.3) is 0 Å². The number of fused-ring (bicyclic) bond motifs is 1. The van der Waals surface area contributed by atoms with Crippen molar-refractivity contribution in [1.29, 1.82) is 0 Å². The van der Waals surface area contributed by atoms with Crippen molar-refractivity contribution < 1.29 is 0 Å². The molecule has 1 saturated carbocycles. The zero-order valence-corrected chi connectivity index (χ0v) is 13.2. The van der Waals surface area contributed by atoms with Gasteiger partial charge in [0.15, 0.2) is 0 Å². The fraction of sp³-hybridized carbons (Fsp3) is 0.684. The van der Waals surface area contributed by atoms with Gasteiger partial charge in [-0.2, -0.15) is 0 Å². The Bertz CT molecular complexity index is 534. The van der Waals surface area contributed by atoms with Gasteiger partial charge in [0.05, 0.1) is 0 Å². The first-order chi connectivity index (χ1) is 10.3. The molecule has 0 amide bonds. The zero-order chi connectivity index (χ0) is 14.4. The van der Waals surface area contributed by atoms with E-state index in [-0.39, 0.29) is 6.04 Å². The van der Waals surface area contributed by atoms with E-state index >= 15 is 0 Å². The van der Waals surface area contributed by atoms with Gasteiger partial charge in [0.1, 0.15) is 0 Å². The third-order valence-electron chi connectivity index (χ3n) is 6.57. The van der Waals surface area contributed by atoms with E-state index in [1.807, 2.05) is 0 Å². The Morgan fingerprint density at radius 2 is 2.24 bits per heavy atom. The number of nitrogens with two attached hydrogens (primary N) is 1. The maximum absolute atomic E-state index is 6.41. The molecule has 1 saturated heterocycles. The van der Waals surface area contributed by atoms with Crippen LogP contribution in [-0.4, -0.2) is 12.6 Å². The Balaban J connectivity index is 1.87. The van der Waals surface area contributed by atoms with Crippen molar-refractivity contribution >= 4 is 0 Å². The largest absolute Gasteiger partial charge is 0.324 e. The molecule has 2 nitrogen and oxygen atoms in total. The molecule has 0 aromatic heterocycles. The van der Waals surface area contributed by atoms with Gasteiger partial charge in [-0.05, 0) is 61.3 Å². The Kier molecular flexibility index (Phi) is 3.35. The number of benzene rings is 1. The first-order valence-corrected chi connectivity index (χ1v) is 8.87. The van der Waals surface area contributed by atoms with Crippen LogP contribution in [0.5, 0.6) is 0 Å². The van der Waals surface area contributed by atoms with Crippen molar-refractivity contribution in [2.24, 2.45) is 11.7 Å². The van der Waals surface area contributed by atoms with E-state index in [0.29, 0.717) is 11.5 Å². The predicted octanol–water partition coefficient (Wildman–Crippen LogP) is 3.44. The van der Waals surface area contributed by atoms with Gasteiger partial charge in [-0.25, -0.2) is 0 Å². The van der Waals surface area contributed by atoms with Crippen LogP contribution in [0.4, 0.5) is 0 Å². The lowest BCUT2D eigenvalue weighted by molar-refractivity contribution is 0.0793. The van der Waals surface area contributed by atoms with E-state index in [1.165, 1.54) is 50.6 Å². The summed E-state index contributed by atoms with van der Waals surface area (Å²) in [5, 5.41) is 3.83. The average Bonchev–Trinajstić information content (AvgIpc) is 2.53. The standard InChI is InChI=1S/C19H28N2/c1-2-17(20)13-6-5-8-15-14(13)12-18-16-7-3-4-9-19(15,16)10-11-21-18/h5-6,8,16-18,21H,2-4,7,9-12,20H2,1H3/t16-,17?,18+,19-/m0/s1. The number of rotatable bonds is 2. The normalized spacial score (nSPS) is 35.7. The number of nitrogens with one attached hydrogen (secondary N) is 1. The Labute approximate surface area is 128 Å². The lowest BCUT2D eigenvalue weighted by Crippen LogP contribution is -2.59. The molecule has 1 aromatic carbocycles. The molecule has 0 radical (unpaired) electrons. The number of hydrogen-bond donors (Lipinski definition) is 2. The summed E-state index contributed by atoms with van der Waals surface area (Å²) < 4.78 is 0. The molecule has 1 unspecified atom stereocenters. The van der Waals surface area contributed by atoms with Gasteiger partial charge in [-0.3, -0.25) is 0 Å². The highest BCUT2D eigenvalue weighted by molar-refractivity contribution is 5.46. The van der Waals surface area contributed by atoms with E-state index in [2.05, 4.69) is 30.4 Å². The summed E-state index contributed by atoms with van der Waals surface area (Å²) in [4.78, 5) is 0. The molecule has 2 bridgehead atoms. The zero-order valence-electron chi connectivity index (χ0n) is 13.2. The summed E-state index contributed by atoms with van der Waals surface area (Å²) in [5.74, 6) is 0.862. The molecule has 4 rings (SSSR count). The molecule has 1 heterocycles. The second-order valence-electron chi connectivity index (χ2n) is 7.41. The van der Waals surface area contributed by atoms with Crippen LogP contribution < -0.4 is 11.1 Å². The minimum Gasteiger partial charge on any atom is -0.324 e. The van der Waals surface area contributed by atoms with Crippen molar-refractivity contribution in [2.75, 3.05) is 6.54 Å².